The van der Waals surface area contributed by atoms with Crippen molar-refractivity contribution in [3.63, 3.8) is 0 Å². The molecule has 0 radical (unpaired) electrons. The zero-order chi connectivity index (χ0) is 13.5. The Labute approximate surface area is 109 Å². The topological polar surface area (TPSA) is 26.3 Å². The first kappa shape index (κ1) is 14.5. The number of methoxy groups -OCH3 is 1. The van der Waals surface area contributed by atoms with Gasteiger partial charge in [-0.25, -0.2) is 8.78 Å². The average Bonchev–Trinajstić information content (AvgIpc) is 2.27. The molecule has 0 aliphatic heterocycles. The van der Waals surface area contributed by atoms with Crippen LogP contribution in [-0.4, -0.2) is 18.0 Å². The predicted octanol–water partition coefficient (Wildman–Crippen LogP) is 2.99. The number of carbonyl (C=O) groups excluding carboxylic acids is 1. The summed E-state index contributed by atoms with van der Waals surface area (Å²) in [5.74, 6) is 4.00. The normalized spacial score (nSPS) is 9.56. The van der Waals surface area contributed by atoms with Crippen LogP contribution in [0.25, 0.3) is 0 Å². The van der Waals surface area contributed by atoms with Crippen molar-refractivity contribution in [2.75, 3.05) is 12.9 Å². The molecular weight excluding hydrogens is 258 g/mol. The van der Waals surface area contributed by atoms with Crippen LogP contribution in [0.5, 0.6) is 5.75 Å². The molecule has 0 atom stereocenters. The lowest BCUT2D eigenvalue weighted by atomic mass is 10.2. The van der Waals surface area contributed by atoms with Crippen LogP contribution in [0, 0.1) is 23.5 Å². The van der Waals surface area contributed by atoms with Crippen molar-refractivity contribution in [1.82, 2.24) is 0 Å². The molecule has 5 heteroatoms. The fraction of sp³-hybridized carbons (Fsp3) is 0.308. The lowest BCUT2D eigenvalue weighted by Gasteiger charge is -2.03. The van der Waals surface area contributed by atoms with Gasteiger partial charge in [0.05, 0.1) is 7.11 Å². The monoisotopic (exact) mass is 270 g/mol. The molecule has 0 heterocycles. The highest BCUT2D eigenvalue weighted by Gasteiger charge is 2.10. The molecule has 0 N–H and O–H groups in total. The summed E-state index contributed by atoms with van der Waals surface area (Å²) >= 11 is 1.17. The number of rotatable bonds is 3. The van der Waals surface area contributed by atoms with E-state index < -0.39 is 17.4 Å². The number of halogens is 2. The van der Waals surface area contributed by atoms with Crippen molar-refractivity contribution < 1.29 is 18.3 Å². The molecule has 2 nitrogen and oxygen atoms in total. The van der Waals surface area contributed by atoms with E-state index in [1.165, 1.54) is 25.8 Å². The van der Waals surface area contributed by atoms with Crippen molar-refractivity contribution in [3.8, 4) is 17.6 Å². The Kier molecular flexibility index (Phi) is 5.66. The quantitative estimate of drug-likeness (QED) is 0.624. The number of thioether (sulfide) groups is 1. The molecule has 0 amide bonds. The summed E-state index contributed by atoms with van der Waals surface area (Å²) in [4.78, 5) is 10.6. The van der Waals surface area contributed by atoms with Crippen LogP contribution < -0.4 is 4.74 Å². The summed E-state index contributed by atoms with van der Waals surface area (Å²) in [6.45, 7) is 1.48. The lowest BCUT2D eigenvalue weighted by molar-refractivity contribution is -0.109. The van der Waals surface area contributed by atoms with E-state index in [4.69, 9.17) is 0 Å². The Morgan fingerprint density at radius 3 is 2.50 bits per heavy atom. The minimum absolute atomic E-state index is 0.0262. The van der Waals surface area contributed by atoms with Crippen LogP contribution >= 0.6 is 11.8 Å². The summed E-state index contributed by atoms with van der Waals surface area (Å²) in [5.41, 5.74) is 0.249. The van der Waals surface area contributed by atoms with E-state index in [0.29, 0.717) is 12.2 Å². The Morgan fingerprint density at radius 1 is 1.39 bits per heavy atom. The summed E-state index contributed by atoms with van der Waals surface area (Å²) in [6.07, 6.45) is 0.486. The summed E-state index contributed by atoms with van der Waals surface area (Å²) in [7, 11) is 1.20. The highest BCUT2D eigenvalue weighted by atomic mass is 32.2. The van der Waals surface area contributed by atoms with E-state index in [2.05, 4.69) is 16.6 Å². The summed E-state index contributed by atoms with van der Waals surface area (Å²) in [6, 6.07) is 2.24. The Bertz CT molecular complexity index is 480. The van der Waals surface area contributed by atoms with Gasteiger partial charge in [0.25, 0.3) is 0 Å². The first-order valence-electron chi connectivity index (χ1n) is 5.20. The number of ether oxygens (including phenoxy) is 1. The number of hydrogen-bond donors (Lipinski definition) is 0. The van der Waals surface area contributed by atoms with E-state index in [-0.39, 0.29) is 10.7 Å². The molecule has 0 aromatic heterocycles. The second-order valence-electron chi connectivity index (χ2n) is 3.36. The molecule has 96 valence electrons. The van der Waals surface area contributed by atoms with Crippen molar-refractivity contribution >= 4 is 16.9 Å². The van der Waals surface area contributed by atoms with Crippen molar-refractivity contribution in [2.45, 2.75) is 13.3 Å². The molecule has 0 saturated carbocycles. The van der Waals surface area contributed by atoms with Crippen LogP contribution in [-0.2, 0) is 4.79 Å². The molecule has 0 unspecified atom stereocenters. The zero-order valence-electron chi connectivity index (χ0n) is 10.0. The van der Waals surface area contributed by atoms with Gasteiger partial charge in [-0.1, -0.05) is 23.6 Å². The van der Waals surface area contributed by atoms with Gasteiger partial charge in [0.2, 0.25) is 0 Å². The van der Waals surface area contributed by atoms with E-state index >= 15 is 0 Å². The molecule has 0 fully saturated rings. The molecule has 18 heavy (non-hydrogen) atoms. The van der Waals surface area contributed by atoms with Gasteiger partial charge in [-0.3, -0.25) is 4.79 Å². The Hall–Kier alpha value is -1.54. The standard InChI is InChI=1S/C13H12F2O2S/c1-9(16)18-6-4-3-5-10-7-11(14)13(17-2)12(15)8-10/h7-8H,4,6H2,1-2H3. The Balaban J connectivity index is 2.69. The third kappa shape index (κ3) is 4.38. The first-order valence-corrected chi connectivity index (χ1v) is 6.18. The van der Waals surface area contributed by atoms with Gasteiger partial charge in [0.15, 0.2) is 22.5 Å². The number of carbonyl (C=O) groups is 1. The van der Waals surface area contributed by atoms with E-state index in [1.54, 1.807) is 0 Å². The van der Waals surface area contributed by atoms with Crippen molar-refractivity contribution in [3.05, 3.63) is 29.3 Å². The maximum absolute atomic E-state index is 13.3. The molecule has 0 aliphatic carbocycles. The van der Waals surface area contributed by atoms with Gasteiger partial charge in [0, 0.05) is 24.7 Å². The fourth-order valence-corrected chi connectivity index (χ4v) is 1.73. The van der Waals surface area contributed by atoms with Gasteiger partial charge >= 0.3 is 0 Å². The predicted molar refractivity (Wildman–Crippen MR) is 67.5 cm³/mol. The molecule has 0 saturated heterocycles. The van der Waals surface area contributed by atoms with E-state index in [9.17, 15) is 13.6 Å². The summed E-state index contributed by atoms with van der Waals surface area (Å²) < 4.78 is 31.2. The minimum atomic E-state index is -0.778. The molecule has 1 aromatic carbocycles. The van der Waals surface area contributed by atoms with Gasteiger partial charge in [-0.15, -0.1) is 0 Å². The van der Waals surface area contributed by atoms with Crippen molar-refractivity contribution in [1.29, 1.82) is 0 Å². The van der Waals surface area contributed by atoms with E-state index in [1.807, 2.05) is 0 Å². The molecule has 0 bridgehead atoms. The second-order valence-corrected chi connectivity index (χ2v) is 4.64. The van der Waals surface area contributed by atoms with Gasteiger partial charge < -0.3 is 4.74 Å². The highest BCUT2D eigenvalue weighted by Crippen LogP contribution is 2.22. The smallest absolute Gasteiger partial charge is 0.190 e. The average molecular weight is 270 g/mol. The first-order chi connectivity index (χ1) is 8.54. The van der Waals surface area contributed by atoms with E-state index in [0.717, 1.165) is 12.1 Å². The third-order valence-corrected chi connectivity index (χ3v) is 2.78. The number of hydrogen-bond acceptors (Lipinski definition) is 3. The van der Waals surface area contributed by atoms with Gasteiger partial charge in [-0.2, -0.15) is 0 Å². The van der Waals surface area contributed by atoms with Crippen LogP contribution in [0.1, 0.15) is 18.9 Å². The molecule has 1 aromatic rings. The summed E-state index contributed by atoms with van der Waals surface area (Å²) in [5, 5.41) is 0.0262. The molecular formula is C13H12F2O2S. The third-order valence-electron chi connectivity index (χ3n) is 1.97. The van der Waals surface area contributed by atoms with Gasteiger partial charge in [0.1, 0.15) is 0 Å². The van der Waals surface area contributed by atoms with Crippen LogP contribution in [0.15, 0.2) is 12.1 Å². The highest BCUT2D eigenvalue weighted by molar-refractivity contribution is 8.13. The Morgan fingerprint density at radius 2 is 2.00 bits per heavy atom. The maximum Gasteiger partial charge on any atom is 0.190 e. The van der Waals surface area contributed by atoms with Crippen molar-refractivity contribution in [2.24, 2.45) is 0 Å². The molecule has 1 rings (SSSR count). The number of benzene rings is 1. The minimum Gasteiger partial charge on any atom is -0.491 e. The zero-order valence-corrected chi connectivity index (χ0v) is 10.9. The van der Waals surface area contributed by atoms with Gasteiger partial charge in [-0.05, 0) is 12.1 Å². The van der Waals surface area contributed by atoms with Crippen LogP contribution in [0.2, 0.25) is 0 Å². The molecule has 0 aliphatic rings. The maximum atomic E-state index is 13.3. The second kappa shape index (κ2) is 7.02. The molecule has 0 spiro atoms. The van der Waals surface area contributed by atoms with Crippen LogP contribution in [0.4, 0.5) is 8.78 Å². The largest absolute Gasteiger partial charge is 0.491 e. The SMILES string of the molecule is COc1c(F)cc(C#CCCSC(C)=O)cc1F. The lowest BCUT2D eigenvalue weighted by Crippen LogP contribution is -1.93. The fourth-order valence-electron chi connectivity index (χ4n) is 1.24. The van der Waals surface area contributed by atoms with Crippen LogP contribution in [0.3, 0.4) is 0 Å².